The summed E-state index contributed by atoms with van der Waals surface area (Å²) in [6.07, 6.45) is 0.154. The molecular weight excluding hydrogens is 174 g/mol. The van der Waals surface area contributed by atoms with Gasteiger partial charge in [0.1, 0.15) is 6.04 Å². The Morgan fingerprint density at radius 3 is 2.54 bits per heavy atom. The van der Waals surface area contributed by atoms with E-state index < -0.39 is 12.0 Å². The number of Topliss-reactive ketones (excluding diaryl/α,β-unsaturated/α-hetero) is 1. The Balaban J connectivity index is 3.62. The number of ether oxygens (including phenoxy) is 1. The molecule has 0 radical (unpaired) electrons. The highest BCUT2D eigenvalue weighted by atomic mass is 16.5. The number of nitrogens with two attached hydrogens (primary N) is 1. The molecular formula is C8H13NO4. The molecule has 13 heavy (non-hydrogen) atoms. The highest BCUT2D eigenvalue weighted by molar-refractivity contribution is 5.90. The molecule has 0 aliphatic carbocycles. The first-order chi connectivity index (χ1) is 5.95. The zero-order valence-corrected chi connectivity index (χ0v) is 7.45. The van der Waals surface area contributed by atoms with E-state index in [0.717, 1.165) is 0 Å². The van der Waals surface area contributed by atoms with E-state index in [1.54, 1.807) is 0 Å². The van der Waals surface area contributed by atoms with Gasteiger partial charge in [0.2, 0.25) is 0 Å². The molecule has 0 aromatic carbocycles. The lowest BCUT2D eigenvalue weighted by Crippen LogP contribution is -2.31. The van der Waals surface area contributed by atoms with E-state index in [2.05, 4.69) is 6.58 Å². The predicted molar refractivity (Wildman–Crippen MR) is 46.0 cm³/mol. The number of hydrogen-bond acceptors (Lipinski definition) is 4. The molecule has 0 fully saturated rings. The normalized spacial score (nSPS) is 11.8. The number of aliphatic carboxylic acids is 1. The van der Waals surface area contributed by atoms with Crippen LogP contribution in [0.15, 0.2) is 12.3 Å². The van der Waals surface area contributed by atoms with Gasteiger partial charge in [-0.3, -0.25) is 9.59 Å². The maximum atomic E-state index is 10.6. The standard InChI is InChI=1S/C8H13NO4/c1-5(10)6(2)13-4-3-7(9)8(11)12/h7H,2-4,9H2,1H3,(H,11,12). The lowest BCUT2D eigenvalue weighted by molar-refractivity contribution is -0.138. The molecule has 5 heteroatoms. The van der Waals surface area contributed by atoms with Crippen molar-refractivity contribution in [1.29, 1.82) is 0 Å². The maximum Gasteiger partial charge on any atom is 0.320 e. The summed E-state index contributed by atoms with van der Waals surface area (Å²) in [6, 6.07) is -0.959. The van der Waals surface area contributed by atoms with Crippen LogP contribution in [-0.2, 0) is 14.3 Å². The van der Waals surface area contributed by atoms with E-state index in [4.69, 9.17) is 15.6 Å². The van der Waals surface area contributed by atoms with E-state index in [1.165, 1.54) is 6.92 Å². The fourth-order valence-corrected chi connectivity index (χ4v) is 0.534. The second-order valence-electron chi connectivity index (χ2n) is 2.56. The summed E-state index contributed by atoms with van der Waals surface area (Å²) in [5.74, 6) is -1.33. The fraction of sp³-hybridized carbons (Fsp3) is 0.500. The van der Waals surface area contributed by atoms with E-state index in [0.29, 0.717) is 0 Å². The van der Waals surface area contributed by atoms with Gasteiger partial charge in [0.15, 0.2) is 11.5 Å². The van der Waals surface area contributed by atoms with Crippen molar-refractivity contribution < 1.29 is 19.4 Å². The van der Waals surface area contributed by atoms with Gasteiger partial charge in [0, 0.05) is 13.3 Å². The molecule has 0 bridgehead atoms. The minimum Gasteiger partial charge on any atom is -0.490 e. The summed E-state index contributed by atoms with van der Waals surface area (Å²) in [7, 11) is 0. The van der Waals surface area contributed by atoms with Gasteiger partial charge in [-0.1, -0.05) is 6.58 Å². The molecule has 3 N–H and O–H groups in total. The van der Waals surface area contributed by atoms with Gasteiger partial charge >= 0.3 is 5.97 Å². The number of rotatable bonds is 6. The van der Waals surface area contributed by atoms with Crippen LogP contribution in [-0.4, -0.2) is 29.5 Å². The van der Waals surface area contributed by atoms with Crippen LogP contribution < -0.4 is 5.73 Å². The van der Waals surface area contributed by atoms with Crippen LogP contribution in [0.25, 0.3) is 0 Å². The summed E-state index contributed by atoms with van der Waals surface area (Å²) < 4.78 is 4.84. The Labute approximate surface area is 76.2 Å². The van der Waals surface area contributed by atoms with Crippen LogP contribution in [0.5, 0.6) is 0 Å². The lowest BCUT2D eigenvalue weighted by Gasteiger charge is -2.08. The predicted octanol–water partition coefficient (Wildman–Crippen LogP) is -0.0923. The van der Waals surface area contributed by atoms with Crippen molar-refractivity contribution in [3.63, 3.8) is 0 Å². The summed E-state index contributed by atoms with van der Waals surface area (Å²) in [5, 5.41) is 8.39. The van der Waals surface area contributed by atoms with E-state index in [9.17, 15) is 9.59 Å². The van der Waals surface area contributed by atoms with E-state index >= 15 is 0 Å². The van der Waals surface area contributed by atoms with Gasteiger partial charge < -0.3 is 15.6 Å². The number of carboxylic acid groups (broad SMARTS) is 1. The third-order valence-corrected chi connectivity index (χ3v) is 1.42. The Morgan fingerprint density at radius 2 is 2.15 bits per heavy atom. The average Bonchev–Trinajstić information content (AvgIpc) is 2.03. The Bertz CT molecular complexity index is 224. The van der Waals surface area contributed by atoms with Crippen LogP contribution in [0.1, 0.15) is 13.3 Å². The van der Waals surface area contributed by atoms with Gasteiger partial charge in [0.05, 0.1) is 6.61 Å². The number of carbonyl (C=O) groups is 2. The zero-order chi connectivity index (χ0) is 10.4. The SMILES string of the molecule is C=C(OCCC(N)C(=O)O)C(C)=O. The quantitative estimate of drug-likeness (QED) is 0.448. The highest BCUT2D eigenvalue weighted by Gasteiger charge is 2.11. The molecule has 0 aliphatic heterocycles. The van der Waals surface area contributed by atoms with Crippen LogP contribution in [0.3, 0.4) is 0 Å². The van der Waals surface area contributed by atoms with Gasteiger partial charge in [-0.15, -0.1) is 0 Å². The molecule has 0 spiro atoms. The maximum absolute atomic E-state index is 10.6. The van der Waals surface area contributed by atoms with Gasteiger partial charge in [-0.2, -0.15) is 0 Å². The van der Waals surface area contributed by atoms with Gasteiger partial charge in [-0.05, 0) is 0 Å². The van der Waals surface area contributed by atoms with E-state index in [-0.39, 0.29) is 24.6 Å². The fourth-order valence-electron chi connectivity index (χ4n) is 0.534. The lowest BCUT2D eigenvalue weighted by atomic mass is 10.2. The second-order valence-corrected chi connectivity index (χ2v) is 2.56. The third kappa shape index (κ3) is 4.97. The molecule has 1 unspecified atom stereocenters. The van der Waals surface area contributed by atoms with Crippen molar-refractivity contribution in [2.75, 3.05) is 6.61 Å². The minimum atomic E-state index is -1.09. The minimum absolute atomic E-state index is 0.0255. The van der Waals surface area contributed by atoms with Crippen LogP contribution >= 0.6 is 0 Å². The first kappa shape index (κ1) is 11.6. The second kappa shape index (κ2) is 5.31. The van der Waals surface area contributed by atoms with Crippen molar-refractivity contribution in [3.8, 4) is 0 Å². The molecule has 74 valence electrons. The molecule has 0 saturated heterocycles. The summed E-state index contributed by atoms with van der Waals surface area (Å²) in [4.78, 5) is 20.8. The molecule has 0 aromatic rings. The summed E-state index contributed by atoms with van der Waals surface area (Å²) in [6.45, 7) is 4.74. The Kier molecular flexibility index (Phi) is 4.76. The van der Waals surface area contributed by atoms with Crippen molar-refractivity contribution >= 4 is 11.8 Å². The smallest absolute Gasteiger partial charge is 0.320 e. The van der Waals surface area contributed by atoms with Gasteiger partial charge in [0.25, 0.3) is 0 Å². The first-order valence-electron chi connectivity index (χ1n) is 3.76. The van der Waals surface area contributed by atoms with E-state index in [1.807, 2.05) is 0 Å². The number of hydrogen-bond donors (Lipinski definition) is 2. The Morgan fingerprint density at radius 1 is 1.62 bits per heavy atom. The number of carbonyl (C=O) groups excluding carboxylic acids is 1. The van der Waals surface area contributed by atoms with Crippen molar-refractivity contribution in [2.24, 2.45) is 5.73 Å². The van der Waals surface area contributed by atoms with Crippen molar-refractivity contribution in [1.82, 2.24) is 0 Å². The first-order valence-corrected chi connectivity index (χ1v) is 3.76. The van der Waals surface area contributed by atoms with Crippen LogP contribution in [0, 0.1) is 0 Å². The summed E-state index contributed by atoms with van der Waals surface area (Å²) >= 11 is 0. The summed E-state index contributed by atoms with van der Waals surface area (Å²) in [5.41, 5.74) is 5.18. The molecule has 5 nitrogen and oxygen atoms in total. The number of allylic oxidation sites excluding steroid dienone is 1. The van der Waals surface area contributed by atoms with Gasteiger partial charge in [-0.25, -0.2) is 0 Å². The highest BCUT2D eigenvalue weighted by Crippen LogP contribution is 1.97. The number of carboxylic acids is 1. The third-order valence-electron chi connectivity index (χ3n) is 1.42. The molecule has 0 aliphatic rings. The molecule has 0 amide bonds. The average molecular weight is 187 g/mol. The molecule has 0 aromatic heterocycles. The largest absolute Gasteiger partial charge is 0.490 e. The van der Waals surface area contributed by atoms with Crippen molar-refractivity contribution in [2.45, 2.75) is 19.4 Å². The molecule has 0 rings (SSSR count). The molecule has 0 saturated carbocycles. The van der Waals surface area contributed by atoms with Crippen LogP contribution in [0.4, 0.5) is 0 Å². The van der Waals surface area contributed by atoms with Crippen molar-refractivity contribution in [3.05, 3.63) is 12.3 Å². The molecule has 0 heterocycles. The zero-order valence-electron chi connectivity index (χ0n) is 7.45. The monoisotopic (exact) mass is 187 g/mol. The number of ketones is 1. The topological polar surface area (TPSA) is 89.6 Å². The molecule has 1 atom stereocenters. The Hall–Kier alpha value is -1.36. The van der Waals surface area contributed by atoms with Crippen LogP contribution in [0.2, 0.25) is 0 Å².